The summed E-state index contributed by atoms with van der Waals surface area (Å²) in [5.41, 5.74) is 1.25. The highest BCUT2D eigenvalue weighted by Crippen LogP contribution is 2.27. The molecular formula is C13H19BrN4S. The zero-order valence-electron chi connectivity index (χ0n) is 11.3. The van der Waals surface area contributed by atoms with E-state index >= 15 is 0 Å². The summed E-state index contributed by atoms with van der Waals surface area (Å²) in [4.78, 5) is 10.6. The van der Waals surface area contributed by atoms with Crippen LogP contribution >= 0.6 is 27.3 Å². The lowest BCUT2D eigenvalue weighted by molar-refractivity contribution is 0.395. The third-order valence-electron chi connectivity index (χ3n) is 3.85. The van der Waals surface area contributed by atoms with Crippen molar-refractivity contribution in [1.29, 1.82) is 0 Å². The van der Waals surface area contributed by atoms with E-state index in [0.717, 1.165) is 28.6 Å². The number of likely N-dealkylation sites (tertiary alicyclic amines) is 1. The number of nitrogens with zero attached hydrogens (tertiary/aromatic N) is 4. The van der Waals surface area contributed by atoms with Crippen molar-refractivity contribution in [1.82, 2.24) is 14.3 Å². The molecule has 0 radical (unpaired) electrons. The fourth-order valence-electron chi connectivity index (χ4n) is 2.90. The minimum atomic E-state index is 0.762. The molecule has 19 heavy (non-hydrogen) atoms. The number of fused-ring (bicyclic) bond motifs is 1. The summed E-state index contributed by atoms with van der Waals surface area (Å²) in [7, 11) is 4.37. The molecule has 1 atom stereocenters. The van der Waals surface area contributed by atoms with Gasteiger partial charge < -0.3 is 9.80 Å². The molecule has 1 unspecified atom stereocenters. The predicted molar refractivity (Wildman–Crippen MR) is 84.6 cm³/mol. The number of imidazole rings is 1. The number of halogens is 1. The van der Waals surface area contributed by atoms with Gasteiger partial charge in [-0.25, -0.2) is 4.98 Å². The van der Waals surface area contributed by atoms with Crippen LogP contribution in [0.3, 0.4) is 0 Å². The SMILES string of the molecule is CN1CCC(CN(C)c2nc3sccn3c2CBr)C1. The molecule has 1 saturated heterocycles. The lowest BCUT2D eigenvalue weighted by atomic mass is 10.1. The Morgan fingerprint density at radius 2 is 2.42 bits per heavy atom. The third kappa shape index (κ3) is 2.53. The number of rotatable bonds is 4. The summed E-state index contributed by atoms with van der Waals surface area (Å²) < 4.78 is 2.19. The van der Waals surface area contributed by atoms with E-state index in [4.69, 9.17) is 4.98 Å². The maximum atomic E-state index is 4.77. The van der Waals surface area contributed by atoms with Crippen LogP contribution < -0.4 is 4.90 Å². The van der Waals surface area contributed by atoms with Gasteiger partial charge in [-0.05, 0) is 25.9 Å². The summed E-state index contributed by atoms with van der Waals surface area (Å²) in [5, 5.41) is 2.93. The zero-order chi connectivity index (χ0) is 13.4. The summed E-state index contributed by atoms with van der Waals surface area (Å²) in [5.74, 6) is 1.89. The maximum Gasteiger partial charge on any atom is 0.195 e. The topological polar surface area (TPSA) is 23.8 Å². The van der Waals surface area contributed by atoms with Crippen molar-refractivity contribution in [3.63, 3.8) is 0 Å². The Morgan fingerprint density at radius 3 is 3.11 bits per heavy atom. The second kappa shape index (κ2) is 5.42. The first-order chi connectivity index (χ1) is 9.19. The number of hydrogen-bond donors (Lipinski definition) is 0. The molecule has 1 aliphatic heterocycles. The second-order valence-corrected chi connectivity index (χ2v) is 6.80. The van der Waals surface area contributed by atoms with Crippen LogP contribution in [-0.4, -0.2) is 48.0 Å². The van der Waals surface area contributed by atoms with Crippen molar-refractivity contribution in [3.05, 3.63) is 17.3 Å². The van der Waals surface area contributed by atoms with E-state index in [9.17, 15) is 0 Å². The molecule has 0 spiro atoms. The van der Waals surface area contributed by atoms with Crippen molar-refractivity contribution in [2.45, 2.75) is 11.8 Å². The minimum Gasteiger partial charge on any atom is -0.358 e. The molecule has 0 aromatic carbocycles. The first kappa shape index (κ1) is 13.4. The summed E-state index contributed by atoms with van der Waals surface area (Å²) >= 11 is 5.29. The van der Waals surface area contributed by atoms with Gasteiger partial charge in [-0.15, -0.1) is 11.3 Å². The lowest BCUT2D eigenvalue weighted by Crippen LogP contribution is -2.28. The Kier molecular flexibility index (Phi) is 3.82. The van der Waals surface area contributed by atoms with E-state index in [1.165, 1.54) is 25.2 Å². The van der Waals surface area contributed by atoms with Gasteiger partial charge in [-0.1, -0.05) is 15.9 Å². The van der Waals surface area contributed by atoms with Gasteiger partial charge in [0.1, 0.15) is 0 Å². The van der Waals surface area contributed by atoms with E-state index in [0.29, 0.717) is 0 Å². The molecule has 0 N–H and O–H groups in total. The van der Waals surface area contributed by atoms with Gasteiger partial charge in [0.2, 0.25) is 0 Å². The molecule has 104 valence electrons. The van der Waals surface area contributed by atoms with Gasteiger partial charge in [0.15, 0.2) is 10.8 Å². The molecule has 1 aliphatic rings. The number of aromatic nitrogens is 2. The molecular weight excluding hydrogens is 324 g/mol. The average Bonchev–Trinajstić information content (AvgIpc) is 3.03. The molecule has 3 rings (SSSR count). The van der Waals surface area contributed by atoms with Crippen LogP contribution in [0, 0.1) is 5.92 Å². The summed E-state index contributed by atoms with van der Waals surface area (Å²) in [6.45, 7) is 3.52. The number of alkyl halides is 1. The van der Waals surface area contributed by atoms with E-state index in [2.05, 4.69) is 55.8 Å². The molecule has 0 aliphatic carbocycles. The van der Waals surface area contributed by atoms with Gasteiger partial charge in [0.25, 0.3) is 0 Å². The van der Waals surface area contributed by atoms with Crippen molar-refractivity contribution in [2.24, 2.45) is 5.92 Å². The average molecular weight is 343 g/mol. The molecule has 0 saturated carbocycles. The maximum absolute atomic E-state index is 4.77. The Bertz CT molecular complexity index is 564. The highest BCUT2D eigenvalue weighted by Gasteiger charge is 2.23. The number of hydrogen-bond acceptors (Lipinski definition) is 4. The van der Waals surface area contributed by atoms with Crippen molar-refractivity contribution < 1.29 is 0 Å². The number of anilines is 1. The minimum absolute atomic E-state index is 0.762. The van der Waals surface area contributed by atoms with Crippen molar-refractivity contribution in [2.75, 3.05) is 38.6 Å². The Morgan fingerprint density at radius 1 is 1.58 bits per heavy atom. The highest BCUT2D eigenvalue weighted by atomic mass is 79.9. The van der Waals surface area contributed by atoms with Gasteiger partial charge >= 0.3 is 0 Å². The van der Waals surface area contributed by atoms with E-state index in [1.54, 1.807) is 11.3 Å². The van der Waals surface area contributed by atoms with Crippen LogP contribution in [0.4, 0.5) is 5.82 Å². The first-order valence-electron chi connectivity index (χ1n) is 6.59. The van der Waals surface area contributed by atoms with E-state index < -0.39 is 0 Å². The normalized spacial score (nSPS) is 20.5. The van der Waals surface area contributed by atoms with Gasteiger partial charge in [0, 0.05) is 37.0 Å². The largest absolute Gasteiger partial charge is 0.358 e. The van der Waals surface area contributed by atoms with Crippen LogP contribution in [0.1, 0.15) is 12.1 Å². The molecule has 4 nitrogen and oxygen atoms in total. The van der Waals surface area contributed by atoms with Crippen LogP contribution in [0.2, 0.25) is 0 Å². The molecule has 6 heteroatoms. The molecule has 2 aromatic rings. The Balaban J connectivity index is 1.80. The monoisotopic (exact) mass is 342 g/mol. The van der Waals surface area contributed by atoms with Crippen LogP contribution in [0.25, 0.3) is 4.96 Å². The standard InChI is InChI=1S/C13H19BrN4S/c1-16-4-3-10(8-16)9-17(2)12-11(7-14)18-5-6-19-13(18)15-12/h5-6,10H,3-4,7-9H2,1-2H3. The first-order valence-corrected chi connectivity index (χ1v) is 8.59. The van der Waals surface area contributed by atoms with E-state index in [1.807, 2.05) is 0 Å². The van der Waals surface area contributed by atoms with Crippen LogP contribution in [-0.2, 0) is 5.33 Å². The molecule has 3 heterocycles. The molecule has 0 bridgehead atoms. The molecule has 2 aromatic heterocycles. The van der Waals surface area contributed by atoms with E-state index in [-0.39, 0.29) is 0 Å². The predicted octanol–water partition coefficient (Wildman–Crippen LogP) is 2.68. The molecule has 1 fully saturated rings. The quantitative estimate of drug-likeness (QED) is 0.798. The van der Waals surface area contributed by atoms with Crippen LogP contribution in [0.15, 0.2) is 11.6 Å². The molecule has 0 amide bonds. The summed E-state index contributed by atoms with van der Waals surface area (Å²) in [6, 6.07) is 0. The Labute approximate surface area is 126 Å². The van der Waals surface area contributed by atoms with Gasteiger partial charge in [0.05, 0.1) is 5.69 Å². The van der Waals surface area contributed by atoms with Crippen molar-refractivity contribution >= 4 is 38.0 Å². The number of thiazole rings is 1. The fraction of sp³-hybridized carbons (Fsp3) is 0.615. The second-order valence-electron chi connectivity index (χ2n) is 5.37. The van der Waals surface area contributed by atoms with Crippen LogP contribution in [0.5, 0.6) is 0 Å². The Hall–Kier alpha value is -0.590. The third-order valence-corrected chi connectivity index (χ3v) is 5.14. The van der Waals surface area contributed by atoms with Gasteiger partial charge in [-0.3, -0.25) is 4.40 Å². The highest BCUT2D eigenvalue weighted by molar-refractivity contribution is 9.08. The fourth-order valence-corrected chi connectivity index (χ4v) is 4.15. The summed E-state index contributed by atoms with van der Waals surface area (Å²) in [6.07, 6.45) is 3.40. The zero-order valence-corrected chi connectivity index (χ0v) is 13.7. The van der Waals surface area contributed by atoms with Gasteiger partial charge in [-0.2, -0.15) is 0 Å². The smallest absolute Gasteiger partial charge is 0.195 e. The van der Waals surface area contributed by atoms with Crippen molar-refractivity contribution in [3.8, 4) is 0 Å². The lowest BCUT2D eigenvalue weighted by Gasteiger charge is -2.22.